The van der Waals surface area contributed by atoms with E-state index in [0.29, 0.717) is 11.1 Å². The van der Waals surface area contributed by atoms with Crippen molar-refractivity contribution in [1.29, 1.82) is 0 Å². The van der Waals surface area contributed by atoms with Crippen LogP contribution in [0.1, 0.15) is 31.4 Å². The monoisotopic (exact) mass is 244 g/mol. The van der Waals surface area contributed by atoms with Crippen LogP contribution in [0.25, 0.3) is 0 Å². The average Bonchev–Trinajstić information content (AvgIpc) is 2.11. The topological polar surface area (TPSA) is 37.3 Å². The van der Waals surface area contributed by atoms with Crippen LogP contribution in [0, 0.1) is 12.7 Å². The van der Waals surface area contributed by atoms with Gasteiger partial charge in [-0.25, -0.2) is 4.39 Å². The predicted octanol–water partition coefficient (Wildman–Crippen LogP) is 3.54. The van der Waals surface area contributed by atoms with E-state index in [1.165, 1.54) is 0 Å². The van der Waals surface area contributed by atoms with Crippen LogP contribution in [0.3, 0.4) is 0 Å². The van der Waals surface area contributed by atoms with Gasteiger partial charge in [0.1, 0.15) is 5.82 Å². The molecule has 0 bridgehead atoms. The van der Waals surface area contributed by atoms with E-state index in [2.05, 4.69) is 0 Å². The molecular weight excluding hydrogens is 231 g/mol. The first kappa shape index (κ1) is 13.0. The zero-order valence-electron chi connectivity index (χ0n) is 9.47. The van der Waals surface area contributed by atoms with Crippen LogP contribution in [0.2, 0.25) is 5.02 Å². The Morgan fingerprint density at radius 1 is 1.50 bits per heavy atom. The first-order valence-electron chi connectivity index (χ1n) is 4.92. The Bertz CT molecular complexity index is 427. The van der Waals surface area contributed by atoms with E-state index in [-0.39, 0.29) is 11.4 Å². The number of rotatable bonds is 3. The minimum absolute atomic E-state index is 0.0197. The van der Waals surface area contributed by atoms with Crippen LogP contribution >= 0.6 is 11.6 Å². The van der Waals surface area contributed by atoms with E-state index in [0.717, 1.165) is 0 Å². The van der Waals surface area contributed by atoms with Crippen molar-refractivity contribution in [1.82, 2.24) is 0 Å². The fourth-order valence-electron chi connectivity index (χ4n) is 1.64. The van der Waals surface area contributed by atoms with E-state index >= 15 is 0 Å². The normalized spacial score (nSPS) is 11.6. The van der Waals surface area contributed by atoms with Crippen LogP contribution in [-0.2, 0) is 10.2 Å². The average molecular weight is 245 g/mol. The van der Waals surface area contributed by atoms with Crippen LogP contribution in [0.15, 0.2) is 12.1 Å². The standard InChI is InChI=1S/C12H14ClFO2/c1-7-4-5-8(10(13)11(7)14)12(2,3)6-9(15)16/h4-5H,6H2,1-3H3,(H,15,16). The maximum absolute atomic E-state index is 13.6. The number of hydrogen-bond acceptors (Lipinski definition) is 1. The molecule has 0 saturated heterocycles. The Labute approximate surface area is 99.0 Å². The molecule has 4 heteroatoms. The van der Waals surface area contributed by atoms with Crippen molar-refractivity contribution in [2.75, 3.05) is 0 Å². The molecule has 0 radical (unpaired) electrons. The summed E-state index contributed by atoms with van der Waals surface area (Å²) >= 11 is 5.90. The van der Waals surface area contributed by atoms with Gasteiger partial charge in [0.2, 0.25) is 0 Å². The highest BCUT2D eigenvalue weighted by atomic mass is 35.5. The highest BCUT2D eigenvalue weighted by molar-refractivity contribution is 6.31. The van der Waals surface area contributed by atoms with Gasteiger partial charge in [-0.1, -0.05) is 37.6 Å². The smallest absolute Gasteiger partial charge is 0.304 e. The lowest BCUT2D eigenvalue weighted by atomic mass is 9.81. The summed E-state index contributed by atoms with van der Waals surface area (Å²) in [6.07, 6.45) is -0.0881. The lowest BCUT2D eigenvalue weighted by molar-refractivity contribution is -0.138. The Morgan fingerprint density at radius 2 is 2.06 bits per heavy atom. The van der Waals surface area contributed by atoms with Crippen molar-refractivity contribution in [3.63, 3.8) is 0 Å². The van der Waals surface area contributed by atoms with Gasteiger partial charge in [0, 0.05) is 5.41 Å². The molecule has 1 N–H and O–H groups in total. The third-order valence-electron chi connectivity index (χ3n) is 2.60. The molecule has 2 nitrogen and oxygen atoms in total. The fourth-order valence-corrected chi connectivity index (χ4v) is 2.11. The minimum atomic E-state index is -0.929. The Balaban J connectivity index is 3.23. The molecule has 0 atom stereocenters. The molecule has 0 aliphatic carbocycles. The summed E-state index contributed by atoms with van der Waals surface area (Å²) in [5, 5.41) is 8.81. The van der Waals surface area contributed by atoms with Crippen molar-refractivity contribution in [2.45, 2.75) is 32.6 Å². The molecule has 0 unspecified atom stereocenters. The van der Waals surface area contributed by atoms with Gasteiger partial charge in [-0.2, -0.15) is 0 Å². The quantitative estimate of drug-likeness (QED) is 0.883. The summed E-state index contributed by atoms with van der Waals surface area (Å²) < 4.78 is 13.6. The molecular formula is C12H14ClFO2. The second kappa shape index (κ2) is 4.42. The number of carboxylic acid groups (broad SMARTS) is 1. The molecule has 1 rings (SSSR count). The molecule has 1 aromatic carbocycles. The summed E-state index contributed by atoms with van der Waals surface area (Å²) in [5.74, 6) is -1.40. The second-order valence-corrected chi connectivity index (χ2v) is 4.89. The minimum Gasteiger partial charge on any atom is -0.481 e. The zero-order valence-corrected chi connectivity index (χ0v) is 10.2. The largest absolute Gasteiger partial charge is 0.481 e. The number of aryl methyl sites for hydroxylation is 1. The maximum atomic E-state index is 13.6. The fraction of sp³-hybridized carbons (Fsp3) is 0.417. The number of hydrogen-bond donors (Lipinski definition) is 1. The molecule has 0 fully saturated rings. The van der Waals surface area contributed by atoms with Crippen molar-refractivity contribution in [3.05, 3.63) is 34.1 Å². The van der Waals surface area contributed by atoms with Gasteiger partial charge < -0.3 is 5.11 Å². The molecule has 0 aromatic heterocycles. The highest BCUT2D eigenvalue weighted by Gasteiger charge is 2.28. The van der Waals surface area contributed by atoms with E-state index < -0.39 is 17.2 Å². The molecule has 0 heterocycles. The van der Waals surface area contributed by atoms with E-state index in [4.69, 9.17) is 16.7 Å². The molecule has 0 saturated carbocycles. The Hall–Kier alpha value is -1.09. The molecule has 0 aliphatic heterocycles. The van der Waals surface area contributed by atoms with Crippen LogP contribution in [0.5, 0.6) is 0 Å². The van der Waals surface area contributed by atoms with Gasteiger partial charge in [0.05, 0.1) is 11.4 Å². The predicted molar refractivity (Wildman–Crippen MR) is 61.4 cm³/mol. The first-order valence-corrected chi connectivity index (χ1v) is 5.30. The van der Waals surface area contributed by atoms with E-state index in [1.807, 2.05) is 0 Å². The summed E-state index contributed by atoms with van der Waals surface area (Å²) in [7, 11) is 0. The molecule has 0 spiro atoms. The van der Waals surface area contributed by atoms with Gasteiger partial charge in [0.15, 0.2) is 0 Å². The number of benzene rings is 1. The van der Waals surface area contributed by atoms with Crippen LogP contribution in [-0.4, -0.2) is 11.1 Å². The van der Waals surface area contributed by atoms with Gasteiger partial charge >= 0.3 is 5.97 Å². The molecule has 0 aliphatic rings. The number of carbonyl (C=O) groups is 1. The van der Waals surface area contributed by atoms with Gasteiger partial charge in [0.25, 0.3) is 0 Å². The van der Waals surface area contributed by atoms with Crippen molar-refractivity contribution < 1.29 is 14.3 Å². The van der Waals surface area contributed by atoms with E-state index in [1.54, 1.807) is 32.9 Å². The third-order valence-corrected chi connectivity index (χ3v) is 2.97. The Morgan fingerprint density at radius 3 is 2.56 bits per heavy atom. The number of halogens is 2. The number of carboxylic acids is 1. The SMILES string of the molecule is Cc1ccc(C(C)(C)CC(=O)O)c(Cl)c1F. The highest BCUT2D eigenvalue weighted by Crippen LogP contribution is 2.35. The summed E-state index contributed by atoms with van der Waals surface area (Å²) in [4.78, 5) is 10.7. The van der Waals surface area contributed by atoms with Crippen molar-refractivity contribution >= 4 is 17.6 Å². The molecule has 88 valence electrons. The molecule has 16 heavy (non-hydrogen) atoms. The van der Waals surface area contributed by atoms with Crippen molar-refractivity contribution in [3.8, 4) is 0 Å². The molecule has 0 amide bonds. The Kier molecular flexibility index (Phi) is 3.58. The zero-order chi connectivity index (χ0) is 12.5. The summed E-state index contributed by atoms with van der Waals surface area (Å²) in [6.45, 7) is 5.09. The number of aliphatic carboxylic acids is 1. The van der Waals surface area contributed by atoms with Crippen molar-refractivity contribution in [2.24, 2.45) is 0 Å². The summed E-state index contributed by atoms with van der Waals surface area (Å²) in [6, 6.07) is 3.30. The van der Waals surface area contributed by atoms with E-state index in [9.17, 15) is 9.18 Å². The lowest BCUT2D eigenvalue weighted by Crippen LogP contribution is -2.22. The first-order chi connectivity index (χ1) is 7.25. The maximum Gasteiger partial charge on any atom is 0.304 e. The summed E-state index contributed by atoms with van der Waals surface area (Å²) in [5.41, 5.74) is 0.303. The second-order valence-electron chi connectivity index (χ2n) is 4.51. The van der Waals surface area contributed by atoms with Gasteiger partial charge in [-0.3, -0.25) is 4.79 Å². The lowest BCUT2D eigenvalue weighted by Gasteiger charge is -2.24. The van der Waals surface area contributed by atoms with Crippen LogP contribution < -0.4 is 0 Å². The van der Waals surface area contributed by atoms with Gasteiger partial charge in [-0.15, -0.1) is 0 Å². The van der Waals surface area contributed by atoms with Crippen LogP contribution in [0.4, 0.5) is 4.39 Å². The molecule has 1 aromatic rings. The van der Waals surface area contributed by atoms with Gasteiger partial charge in [-0.05, 0) is 18.1 Å². The third kappa shape index (κ3) is 2.53.